The Hall–Kier alpha value is -3.96. The summed E-state index contributed by atoms with van der Waals surface area (Å²) in [5, 5.41) is 11.5. The van der Waals surface area contributed by atoms with E-state index < -0.39 is 22.5 Å². The van der Waals surface area contributed by atoms with Crippen LogP contribution >= 0.6 is 22.9 Å². The summed E-state index contributed by atoms with van der Waals surface area (Å²) in [6.07, 6.45) is 1.39. The summed E-state index contributed by atoms with van der Waals surface area (Å²) in [5.74, 6) is 0.355. The Balaban J connectivity index is 1.96. The van der Waals surface area contributed by atoms with Gasteiger partial charge in [0.05, 0.1) is 46.6 Å². The zero-order valence-corrected chi connectivity index (χ0v) is 23.5. The Morgan fingerprint density at radius 2 is 2.00 bits per heavy atom. The van der Waals surface area contributed by atoms with Gasteiger partial charge in [0, 0.05) is 22.7 Å². The molecule has 1 aliphatic heterocycles. The van der Waals surface area contributed by atoms with Gasteiger partial charge in [-0.3, -0.25) is 19.5 Å². The lowest BCUT2D eigenvalue weighted by atomic mass is 9.95. The highest BCUT2D eigenvalue weighted by Gasteiger charge is 2.34. The molecule has 0 radical (unpaired) electrons. The maximum absolute atomic E-state index is 13.8. The molecular weight excluding hydrogens is 546 g/mol. The average molecular weight is 572 g/mol. The molecule has 1 aromatic heterocycles. The van der Waals surface area contributed by atoms with Gasteiger partial charge in [0.15, 0.2) is 16.3 Å². The number of thiazole rings is 1. The highest BCUT2D eigenvalue weighted by atomic mass is 35.5. The van der Waals surface area contributed by atoms with Crippen LogP contribution in [0.3, 0.4) is 0 Å². The number of aromatic nitrogens is 1. The van der Waals surface area contributed by atoms with Crippen molar-refractivity contribution in [2.45, 2.75) is 39.8 Å². The first-order valence-electron chi connectivity index (χ1n) is 12.0. The number of benzene rings is 2. The number of hydrogen-bond acceptors (Lipinski definition) is 9. The van der Waals surface area contributed by atoms with Crippen molar-refractivity contribution >= 4 is 40.7 Å². The highest BCUT2D eigenvalue weighted by molar-refractivity contribution is 7.07. The van der Waals surface area contributed by atoms with E-state index in [1.54, 1.807) is 32.0 Å². The van der Waals surface area contributed by atoms with Crippen molar-refractivity contribution in [1.29, 1.82) is 0 Å². The topological polar surface area (TPSA) is 122 Å². The Morgan fingerprint density at radius 1 is 1.26 bits per heavy atom. The number of carbonyl (C=O) groups excluding carboxylic acids is 1. The van der Waals surface area contributed by atoms with Gasteiger partial charge in [-0.15, -0.1) is 0 Å². The molecular formula is C27H26ClN3O7S. The van der Waals surface area contributed by atoms with Gasteiger partial charge in [-0.25, -0.2) is 9.79 Å². The molecule has 3 aromatic rings. The van der Waals surface area contributed by atoms with Crippen LogP contribution < -0.4 is 24.4 Å². The highest BCUT2D eigenvalue weighted by Crippen LogP contribution is 2.36. The fourth-order valence-electron chi connectivity index (χ4n) is 4.21. The van der Waals surface area contributed by atoms with Gasteiger partial charge in [-0.2, -0.15) is 0 Å². The summed E-state index contributed by atoms with van der Waals surface area (Å²) >= 11 is 7.37. The van der Waals surface area contributed by atoms with Crippen molar-refractivity contribution in [2.24, 2.45) is 4.99 Å². The number of esters is 1. The number of hydrogen-bond donors (Lipinski definition) is 0. The summed E-state index contributed by atoms with van der Waals surface area (Å²) in [7, 11) is 1.51. The van der Waals surface area contributed by atoms with Crippen LogP contribution in [0.1, 0.15) is 44.9 Å². The molecule has 0 spiro atoms. The molecule has 0 amide bonds. The van der Waals surface area contributed by atoms with Crippen molar-refractivity contribution in [1.82, 2.24) is 4.57 Å². The molecule has 39 heavy (non-hydrogen) atoms. The number of carbonyl (C=O) groups is 1. The maximum Gasteiger partial charge on any atom is 0.338 e. The van der Waals surface area contributed by atoms with E-state index in [9.17, 15) is 19.7 Å². The third kappa shape index (κ3) is 5.59. The number of non-ortho nitro benzene ring substituents is 1. The number of rotatable bonds is 8. The second-order valence-electron chi connectivity index (χ2n) is 8.84. The number of methoxy groups -OCH3 is 1. The first-order chi connectivity index (χ1) is 18.5. The van der Waals surface area contributed by atoms with Crippen LogP contribution in [-0.4, -0.2) is 35.3 Å². The molecule has 0 bridgehead atoms. The van der Waals surface area contributed by atoms with E-state index >= 15 is 0 Å². The van der Waals surface area contributed by atoms with E-state index in [4.69, 9.17) is 25.8 Å². The summed E-state index contributed by atoms with van der Waals surface area (Å²) in [4.78, 5) is 42.6. The summed E-state index contributed by atoms with van der Waals surface area (Å²) in [5.41, 5.74) is 0.909. The smallest absolute Gasteiger partial charge is 0.338 e. The fraction of sp³-hybridized carbons (Fsp3) is 0.296. The minimum absolute atomic E-state index is 0.0970. The summed E-state index contributed by atoms with van der Waals surface area (Å²) in [6, 6.07) is 8.32. The Labute approximate surface area is 232 Å². The normalized spacial score (nSPS) is 15.2. The van der Waals surface area contributed by atoms with Crippen molar-refractivity contribution in [2.75, 3.05) is 13.7 Å². The van der Waals surface area contributed by atoms with Gasteiger partial charge in [-0.05, 0) is 57.5 Å². The molecule has 10 nitrogen and oxygen atoms in total. The SMILES string of the molecule is CCOC(=O)C1=C(C)N=c2s/c(=C\c3cc([N+](=O)[O-])ccc3Cl)c(=O)n2[C@H]1c1ccc(OC(C)C)c(OC)c1. The van der Waals surface area contributed by atoms with E-state index in [0.717, 1.165) is 11.3 Å². The fourth-order valence-corrected chi connectivity index (χ4v) is 5.42. The number of halogens is 1. The minimum Gasteiger partial charge on any atom is -0.493 e. The van der Waals surface area contributed by atoms with Crippen LogP contribution in [0, 0.1) is 10.1 Å². The summed E-state index contributed by atoms with van der Waals surface area (Å²) in [6.45, 7) is 7.30. The molecule has 0 N–H and O–H groups in total. The maximum atomic E-state index is 13.8. The van der Waals surface area contributed by atoms with E-state index in [0.29, 0.717) is 33.1 Å². The lowest BCUT2D eigenvalue weighted by molar-refractivity contribution is -0.384. The van der Waals surface area contributed by atoms with Crippen LogP contribution in [0.4, 0.5) is 5.69 Å². The molecule has 12 heteroatoms. The molecule has 0 aliphatic carbocycles. The van der Waals surface area contributed by atoms with Crippen LogP contribution in [0.5, 0.6) is 11.5 Å². The lowest BCUT2D eigenvalue weighted by Gasteiger charge is -2.25. The van der Waals surface area contributed by atoms with Gasteiger partial charge >= 0.3 is 5.97 Å². The van der Waals surface area contributed by atoms with E-state index in [1.807, 2.05) is 13.8 Å². The lowest BCUT2D eigenvalue weighted by Crippen LogP contribution is -2.40. The summed E-state index contributed by atoms with van der Waals surface area (Å²) < 4.78 is 18.4. The molecule has 1 atom stereocenters. The number of nitro benzene ring substituents is 1. The quantitative estimate of drug-likeness (QED) is 0.226. The van der Waals surface area contributed by atoms with E-state index in [-0.39, 0.29) is 33.5 Å². The predicted molar refractivity (Wildman–Crippen MR) is 147 cm³/mol. The standard InChI is InChI=1S/C27H26ClN3O7S/c1-6-37-26(33)23-15(4)29-27-30(24(23)16-7-10-20(38-14(2)3)21(12-16)36-5)25(32)22(39-27)13-17-11-18(31(34)35)8-9-19(17)28/h7-14,24H,6H2,1-5H3/b22-13-/t24-/m0/s1. The molecule has 0 fully saturated rings. The van der Waals surface area contributed by atoms with E-state index in [2.05, 4.69) is 4.99 Å². The first-order valence-corrected chi connectivity index (χ1v) is 13.2. The zero-order chi connectivity index (χ0) is 28.4. The number of nitro groups is 1. The first kappa shape index (κ1) is 28.1. The number of allylic oxidation sites excluding steroid dienone is 1. The third-order valence-electron chi connectivity index (χ3n) is 5.86. The number of nitrogens with zero attached hydrogens (tertiary/aromatic N) is 3. The predicted octanol–water partition coefficient (Wildman–Crippen LogP) is 4.16. The number of ether oxygens (including phenoxy) is 3. The number of fused-ring (bicyclic) bond motifs is 1. The molecule has 2 heterocycles. The van der Waals surface area contributed by atoms with Gasteiger partial charge in [0.2, 0.25) is 0 Å². The minimum atomic E-state index is -0.870. The Kier molecular flexibility index (Phi) is 8.22. The van der Waals surface area contributed by atoms with Crippen LogP contribution in [0.15, 0.2) is 57.5 Å². The zero-order valence-electron chi connectivity index (χ0n) is 21.9. The average Bonchev–Trinajstić information content (AvgIpc) is 3.18. The van der Waals surface area contributed by atoms with Crippen LogP contribution in [0.25, 0.3) is 6.08 Å². The van der Waals surface area contributed by atoms with Crippen LogP contribution in [0.2, 0.25) is 5.02 Å². The molecule has 0 unspecified atom stereocenters. The Bertz CT molecular complexity index is 1670. The molecule has 4 rings (SSSR count). The van der Waals surface area contributed by atoms with Gasteiger partial charge in [0.1, 0.15) is 0 Å². The van der Waals surface area contributed by atoms with Crippen LogP contribution in [-0.2, 0) is 9.53 Å². The monoisotopic (exact) mass is 571 g/mol. The largest absolute Gasteiger partial charge is 0.493 e. The molecule has 204 valence electrons. The van der Waals surface area contributed by atoms with Crippen molar-refractivity contribution < 1.29 is 23.9 Å². The molecule has 0 saturated carbocycles. The van der Waals surface area contributed by atoms with Gasteiger partial charge < -0.3 is 14.2 Å². The second kappa shape index (κ2) is 11.4. The molecule has 1 aliphatic rings. The third-order valence-corrected chi connectivity index (χ3v) is 7.19. The van der Waals surface area contributed by atoms with E-state index in [1.165, 1.54) is 36.0 Å². The molecule has 0 saturated heterocycles. The van der Waals surface area contributed by atoms with Gasteiger partial charge in [-0.1, -0.05) is 29.0 Å². The van der Waals surface area contributed by atoms with Crippen molar-refractivity contribution in [3.63, 3.8) is 0 Å². The van der Waals surface area contributed by atoms with Crippen molar-refractivity contribution in [3.05, 3.63) is 93.6 Å². The Morgan fingerprint density at radius 3 is 2.64 bits per heavy atom. The van der Waals surface area contributed by atoms with Crippen molar-refractivity contribution in [3.8, 4) is 11.5 Å². The molecule has 2 aromatic carbocycles. The van der Waals surface area contributed by atoms with Gasteiger partial charge in [0.25, 0.3) is 11.2 Å². The second-order valence-corrected chi connectivity index (χ2v) is 10.3.